The van der Waals surface area contributed by atoms with E-state index in [2.05, 4.69) is 22.7 Å². The lowest BCUT2D eigenvalue weighted by Gasteiger charge is -2.00. The van der Waals surface area contributed by atoms with Crippen LogP contribution < -0.4 is 5.43 Å². The summed E-state index contributed by atoms with van der Waals surface area (Å²) >= 11 is 0. The van der Waals surface area contributed by atoms with E-state index in [1.54, 1.807) is 12.3 Å². The lowest BCUT2D eigenvalue weighted by Crippen LogP contribution is -2.21. The Hall–Kier alpha value is -2.62. The molecule has 2 aromatic rings. The van der Waals surface area contributed by atoms with Gasteiger partial charge < -0.3 is 4.42 Å². The second kappa shape index (κ2) is 6.43. The number of nitrogens with zero attached hydrogens (tertiary/aromatic N) is 1. The fourth-order valence-corrected chi connectivity index (χ4v) is 2.41. The lowest BCUT2D eigenvalue weighted by molar-refractivity contribution is -0.122. The molecule has 1 aliphatic carbocycles. The first kappa shape index (κ1) is 14.3. The Bertz CT molecular complexity index is 687. The molecule has 4 heteroatoms. The molecule has 0 unspecified atom stereocenters. The molecule has 1 N–H and O–H groups in total. The van der Waals surface area contributed by atoms with Gasteiger partial charge in [0.1, 0.15) is 5.76 Å². The van der Waals surface area contributed by atoms with Crippen LogP contribution in [-0.4, -0.2) is 11.6 Å². The highest BCUT2D eigenvalue weighted by Gasteiger charge is 2.43. The highest BCUT2D eigenvalue weighted by Crippen LogP contribution is 2.47. The van der Waals surface area contributed by atoms with Gasteiger partial charge in [-0.05, 0) is 49.1 Å². The van der Waals surface area contributed by atoms with Crippen molar-refractivity contribution in [3.05, 3.63) is 66.1 Å². The third-order valence-corrected chi connectivity index (χ3v) is 3.73. The number of hydrogen-bond donors (Lipinski definition) is 1. The third-order valence-electron chi connectivity index (χ3n) is 3.73. The molecule has 3 rings (SSSR count). The molecule has 1 aromatic carbocycles. The van der Waals surface area contributed by atoms with Crippen LogP contribution in [0.1, 0.15) is 30.6 Å². The molecule has 2 atom stereocenters. The monoisotopic (exact) mass is 294 g/mol. The molecule has 1 heterocycles. The molecule has 4 nitrogen and oxygen atoms in total. The first-order chi connectivity index (χ1) is 10.7. The number of amides is 1. The highest BCUT2D eigenvalue weighted by molar-refractivity contribution is 5.97. The molecule has 1 aromatic heterocycles. The zero-order chi connectivity index (χ0) is 15.4. The van der Waals surface area contributed by atoms with Crippen LogP contribution in [0, 0.1) is 5.92 Å². The lowest BCUT2D eigenvalue weighted by atomic mass is 10.1. The van der Waals surface area contributed by atoms with Gasteiger partial charge in [-0.2, -0.15) is 5.10 Å². The molecule has 0 aliphatic heterocycles. The zero-order valence-electron chi connectivity index (χ0n) is 12.4. The third kappa shape index (κ3) is 3.52. The van der Waals surface area contributed by atoms with Gasteiger partial charge in [-0.25, -0.2) is 5.43 Å². The van der Waals surface area contributed by atoms with Gasteiger partial charge in [0.15, 0.2) is 0 Å². The maximum Gasteiger partial charge on any atom is 0.243 e. The number of benzene rings is 1. The standard InChI is InChI=1S/C18H18N2O2/c1-13(9-10-15-8-5-11-22-15)19-20-18(21)17-12-16(17)14-6-3-2-4-7-14/h2-11,16-17H,12H2,1H3,(H,20,21)/b10-9+,19-13-/t16-,17+/m0/s1. The molecule has 1 saturated carbocycles. The van der Waals surface area contributed by atoms with Crippen molar-refractivity contribution >= 4 is 17.7 Å². The van der Waals surface area contributed by atoms with Crippen molar-refractivity contribution in [2.75, 3.05) is 0 Å². The summed E-state index contributed by atoms with van der Waals surface area (Å²) < 4.78 is 5.19. The molecule has 0 radical (unpaired) electrons. The van der Waals surface area contributed by atoms with Crippen molar-refractivity contribution in [1.29, 1.82) is 0 Å². The maximum atomic E-state index is 12.1. The van der Waals surface area contributed by atoms with E-state index < -0.39 is 0 Å². The van der Waals surface area contributed by atoms with E-state index in [0.717, 1.165) is 17.9 Å². The molecule has 1 fully saturated rings. The van der Waals surface area contributed by atoms with E-state index in [0.29, 0.717) is 5.92 Å². The number of hydrogen-bond acceptors (Lipinski definition) is 3. The van der Waals surface area contributed by atoms with Gasteiger partial charge in [0.2, 0.25) is 5.91 Å². The average Bonchev–Trinajstić information content (AvgIpc) is 3.19. The second-order valence-electron chi connectivity index (χ2n) is 5.44. The molecule has 22 heavy (non-hydrogen) atoms. The van der Waals surface area contributed by atoms with Crippen LogP contribution in [0.5, 0.6) is 0 Å². The summed E-state index contributed by atoms with van der Waals surface area (Å²) in [6.07, 6.45) is 6.13. The van der Waals surface area contributed by atoms with Crippen LogP contribution in [0.2, 0.25) is 0 Å². The predicted molar refractivity (Wildman–Crippen MR) is 86.3 cm³/mol. The fraction of sp³-hybridized carbons (Fsp3) is 0.222. The number of nitrogens with one attached hydrogen (secondary N) is 1. The van der Waals surface area contributed by atoms with Gasteiger partial charge in [0, 0.05) is 5.92 Å². The molecule has 0 saturated heterocycles. The molecule has 1 amide bonds. The highest BCUT2D eigenvalue weighted by atomic mass is 16.3. The van der Waals surface area contributed by atoms with Crippen LogP contribution in [-0.2, 0) is 4.79 Å². The molecular formula is C18H18N2O2. The summed E-state index contributed by atoms with van der Waals surface area (Å²) in [5.74, 6) is 1.11. The van der Waals surface area contributed by atoms with Crippen molar-refractivity contribution in [3.8, 4) is 0 Å². The number of hydrazone groups is 1. The van der Waals surface area contributed by atoms with Gasteiger partial charge in [-0.3, -0.25) is 4.79 Å². The van der Waals surface area contributed by atoms with Crippen molar-refractivity contribution in [1.82, 2.24) is 5.43 Å². The van der Waals surface area contributed by atoms with Crippen LogP contribution in [0.25, 0.3) is 6.08 Å². The summed E-state index contributed by atoms with van der Waals surface area (Å²) in [7, 11) is 0. The second-order valence-corrected chi connectivity index (χ2v) is 5.44. The van der Waals surface area contributed by atoms with E-state index in [1.165, 1.54) is 5.56 Å². The van der Waals surface area contributed by atoms with Crippen molar-refractivity contribution in [3.63, 3.8) is 0 Å². The number of rotatable bonds is 5. The minimum absolute atomic E-state index is 0.0143. The first-order valence-electron chi connectivity index (χ1n) is 7.35. The summed E-state index contributed by atoms with van der Waals surface area (Å²) in [6.45, 7) is 1.83. The SMILES string of the molecule is CC(/C=C/c1ccco1)=N/NC(=O)[C@@H]1C[C@H]1c1ccccc1. The topological polar surface area (TPSA) is 54.6 Å². The Morgan fingerprint density at radius 3 is 2.82 bits per heavy atom. The van der Waals surface area contributed by atoms with Crippen LogP contribution in [0.15, 0.2) is 64.3 Å². The van der Waals surface area contributed by atoms with Crippen molar-refractivity contribution in [2.45, 2.75) is 19.3 Å². The van der Waals surface area contributed by atoms with Crippen LogP contribution in [0.3, 0.4) is 0 Å². The van der Waals surface area contributed by atoms with Crippen molar-refractivity contribution in [2.24, 2.45) is 11.0 Å². The summed E-state index contributed by atoms with van der Waals surface area (Å²) in [4.78, 5) is 12.1. The van der Waals surface area contributed by atoms with Gasteiger partial charge in [0.25, 0.3) is 0 Å². The summed E-state index contributed by atoms with van der Waals surface area (Å²) in [5, 5.41) is 4.10. The zero-order valence-corrected chi connectivity index (χ0v) is 12.4. The minimum atomic E-state index is -0.0143. The maximum absolute atomic E-state index is 12.1. The normalized spacial score (nSPS) is 21.0. The molecule has 0 spiro atoms. The average molecular weight is 294 g/mol. The smallest absolute Gasteiger partial charge is 0.243 e. The van der Waals surface area contributed by atoms with E-state index in [1.807, 2.05) is 43.3 Å². The van der Waals surface area contributed by atoms with E-state index in [9.17, 15) is 4.79 Å². The summed E-state index contributed by atoms with van der Waals surface area (Å²) in [5.41, 5.74) is 4.59. The quantitative estimate of drug-likeness (QED) is 0.677. The summed E-state index contributed by atoms with van der Waals surface area (Å²) in [6, 6.07) is 13.8. The Morgan fingerprint density at radius 2 is 2.09 bits per heavy atom. The van der Waals surface area contributed by atoms with Gasteiger partial charge in [-0.1, -0.05) is 30.3 Å². The molecular weight excluding hydrogens is 276 g/mol. The first-order valence-corrected chi connectivity index (χ1v) is 7.35. The number of allylic oxidation sites excluding steroid dienone is 1. The Kier molecular flexibility index (Phi) is 4.19. The largest absolute Gasteiger partial charge is 0.465 e. The van der Waals surface area contributed by atoms with Crippen LogP contribution in [0.4, 0.5) is 0 Å². The minimum Gasteiger partial charge on any atom is -0.465 e. The van der Waals surface area contributed by atoms with Gasteiger partial charge in [-0.15, -0.1) is 0 Å². The van der Waals surface area contributed by atoms with Gasteiger partial charge in [0.05, 0.1) is 12.0 Å². The molecule has 1 aliphatic rings. The van der Waals surface area contributed by atoms with E-state index >= 15 is 0 Å². The Labute approximate surface area is 129 Å². The van der Waals surface area contributed by atoms with Crippen molar-refractivity contribution < 1.29 is 9.21 Å². The predicted octanol–water partition coefficient (Wildman–Crippen LogP) is 3.59. The molecule has 112 valence electrons. The number of carbonyl (C=O) groups is 1. The van der Waals surface area contributed by atoms with E-state index in [4.69, 9.17) is 4.42 Å². The Balaban J connectivity index is 1.51. The number of furan rings is 1. The molecule has 0 bridgehead atoms. The van der Waals surface area contributed by atoms with Gasteiger partial charge >= 0.3 is 0 Å². The fourth-order valence-electron chi connectivity index (χ4n) is 2.41. The van der Waals surface area contributed by atoms with Crippen LogP contribution >= 0.6 is 0 Å². The number of carbonyl (C=O) groups excluding carboxylic acids is 1. The van der Waals surface area contributed by atoms with E-state index in [-0.39, 0.29) is 11.8 Å². The Morgan fingerprint density at radius 1 is 1.27 bits per heavy atom.